The second-order valence-electron chi connectivity index (χ2n) is 3.24. The molecule has 2 aromatic heterocycles. The summed E-state index contributed by atoms with van der Waals surface area (Å²) in [5.74, 6) is 0.294. The molecule has 8 heteroatoms. The Morgan fingerprint density at radius 3 is 2.94 bits per heavy atom. The number of hydrogen-bond donors (Lipinski definition) is 2. The molecule has 0 aliphatic heterocycles. The van der Waals surface area contributed by atoms with E-state index >= 15 is 0 Å². The van der Waals surface area contributed by atoms with Crippen molar-refractivity contribution in [2.24, 2.45) is 0 Å². The van der Waals surface area contributed by atoms with E-state index in [1.165, 1.54) is 12.7 Å². The van der Waals surface area contributed by atoms with Gasteiger partial charge >= 0.3 is 0 Å². The van der Waals surface area contributed by atoms with E-state index < -0.39 is 10.0 Å². The highest BCUT2D eigenvalue weighted by Crippen LogP contribution is 2.15. The van der Waals surface area contributed by atoms with Crippen molar-refractivity contribution in [1.29, 1.82) is 0 Å². The standard InChI is InChI=1S/C8H11N5O2S/c1-2-3-16(14,15)13-8-6-7(10-4-9-6)11-5-12-8/h4-5H,2-3H2,1H3,(H2,9,10,11,12,13). The lowest BCUT2D eigenvalue weighted by molar-refractivity contribution is 0.599. The highest BCUT2D eigenvalue weighted by molar-refractivity contribution is 7.92. The fraction of sp³-hybridized carbons (Fsp3) is 0.375. The minimum absolute atomic E-state index is 0.0621. The van der Waals surface area contributed by atoms with Gasteiger partial charge in [-0.25, -0.2) is 23.4 Å². The molecule has 0 atom stereocenters. The largest absolute Gasteiger partial charge is 0.340 e. The number of aromatic amines is 1. The maximum Gasteiger partial charge on any atom is 0.233 e. The van der Waals surface area contributed by atoms with Crippen LogP contribution in [0.2, 0.25) is 0 Å². The number of sulfonamides is 1. The predicted octanol–water partition coefficient (Wildman–Crippen LogP) is 0.505. The van der Waals surface area contributed by atoms with Gasteiger partial charge in [0.05, 0.1) is 12.1 Å². The average molecular weight is 241 g/mol. The van der Waals surface area contributed by atoms with Crippen LogP contribution in [0.1, 0.15) is 13.3 Å². The highest BCUT2D eigenvalue weighted by atomic mass is 32.2. The summed E-state index contributed by atoms with van der Waals surface area (Å²) in [6, 6.07) is 0. The van der Waals surface area contributed by atoms with E-state index in [1.807, 2.05) is 0 Å². The van der Waals surface area contributed by atoms with Crippen molar-refractivity contribution in [2.45, 2.75) is 13.3 Å². The van der Waals surface area contributed by atoms with Gasteiger partial charge in [0.2, 0.25) is 10.0 Å². The van der Waals surface area contributed by atoms with Crippen molar-refractivity contribution in [3.8, 4) is 0 Å². The Bertz CT molecular complexity index is 591. The number of aromatic nitrogens is 4. The Morgan fingerprint density at radius 2 is 2.19 bits per heavy atom. The van der Waals surface area contributed by atoms with Gasteiger partial charge < -0.3 is 4.98 Å². The monoisotopic (exact) mass is 241 g/mol. The Morgan fingerprint density at radius 1 is 1.38 bits per heavy atom. The number of anilines is 1. The molecule has 0 saturated carbocycles. The highest BCUT2D eigenvalue weighted by Gasteiger charge is 2.13. The van der Waals surface area contributed by atoms with E-state index in [0.717, 1.165) is 0 Å². The van der Waals surface area contributed by atoms with Gasteiger partial charge in [0.1, 0.15) is 11.8 Å². The van der Waals surface area contributed by atoms with E-state index in [0.29, 0.717) is 17.6 Å². The lowest BCUT2D eigenvalue weighted by Crippen LogP contribution is -2.17. The third-order valence-corrected chi connectivity index (χ3v) is 3.40. The topological polar surface area (TPSA) is 101 Å². The number of imidazole rings is 1. The number of nitrogens with one attached hydrogen (secondary N) is 2. The summed E-state index contributed by atoms with van der Waals surface area (Å²) in [5.41, 5.74) is 0.923. The van der Waals surface area contributed by atoms with Crippen LogP contribution in [0.4, 0.5) is 5.82 Å². The van der Waals surface area contributed by atoms with Crippen LogP contribution in [0.15, 0.2) is 12.7 Å². The summed E-state index contributed by atoms with van der Waals surface area (Å²) in [7, 11) is -3.34. The predicted molar refractivity (Wildman–Crippen MR) is 59.4 cm³/mol. The van der Waals surface area contributed by atoms with Gasteiger partial charge in [-0.2, -0.15) is 0 Å². The first-order valence-corrected chi connectivity index (χ1v) is 6.42. The molecule has 2 N–H and O–H groups in total. The van der Waals surface area contributed by atoms with Crippen LogP contribution in [-0.2, 0) is 10.0 Å². The molecule has 2 aromatic rings. The number of H-pyrrole nitrogens is 1. The fourth-order valence-electron chi connectivity index (χ4n) is 1.31. The molecule has 0 aromatic carbocycles. The third-order valence-electron chi connectivity index (χ3n) is 1.95. The van der Waals surface area contributed by atoms with Gasteiger partial charge in [-0.3, -0.25) is 4.72 Å². The minimum Gasteiger partial charge on any atom is -0.340 e. The quantitative estimate of drug-likeness (QED) is 0.812. The number of hydrogen-bond acceptors (Lipinski definition) is 5. The summed E-state index contributed by atoms with van der Waals surface area (Å²) in [6.07, 6.45) is 3.26. The maximum atomic E-state index is 11.6. The molecule has 0 bridgehead atoms. The van der Waals surface area contributed by atoms with Crippen molar-refractivity contribution < 1.29 is 8.42 Å². The Kier molecular flexibility index (Phi) is 2.73. The van der Waals surface area contributed by atoms with E-state index in [9.17, 15) is 8.42 Å². The zero-order valence-corrected chi connectivity index (χ0v) is 9.45. The van der Waals surface area contributed by atoms with Gasteiger partial charge in [-0.05, 0) is 6.42 Å². The Labute approximate surface area is 92.4 Å². The molecule has 0 aliphatic carbocycles. The van der Waals surface area contributed by atoms with Gasteiger partial charge in [0.25, 0.3) is 0 Å². The van der Waals surface area contributed by atoms with Gasteiger partial charge in [-0.15, -0.1) is 0 Å². The molecule has 0 amide bonds. The smallest absolute Gasteiger partial charge is 0.233 e. The fourth-order valence-corrected chi connectivity index (χ4v) is 2.40. The molecule has 0 fully saturated rings. The number of nitrogens with zero attached hydrogens (tertiary/aromatic N) is 3. The van der Waals surface area contributed by atoms with Crippen LogP contribution in [-0.4, -0.2) is 34.1 Å². The van der Waals surface area contributed by atoms with Gasteiger partial charge in [-0.1, -0.05) is 6.92 Å². The molecule has 0 spiro atoms. The molecule has 7 nitrogen and oxygen atoms in total. The van der Waals surface area contributed by atoms with Crippen molar-refractivity contribution in [2.75, 3.05) is 10.5 Å². The second kappa shape index (κ2) is 4.05. The van der Waals surface area contributed by atoms with Crippen LogP contribution in [0.3, 0.4) is 0 Å². The third kappa shape index (κ3) is 2.11. The molecular formula is C8H11N5O2S. The van der Waals surface area contributed by atoms with Crippen LogP contribution in [0.25, 0.3) is 11.2 Å². The lowest BCUT2D eigenvalue weighted by Gasteiger charge is -2.05. The first kappa shape index (κ1) is 10.8. The Balaban J connectivity index is 2.38. The zero-order chi connectivity index (χ0) is 11.6. The van der Waals surface area contributed by atoms with Crippen molar-refractivity contribution in [3.63, 3.8) is 0 Å². The molecule has 0 saturated heterocycles. The van der Waals surface area contributed by atoms with E-state index in [2.05, 4.69) is 24.7 Å². The van der Waals surface area contributed by atoms with Gasteiger partial charge in [0, 0.05) is 0 Å². The summed E-state index contributed by atoms with van der Waals surface area (Å²) >= 11 is 0. The summed E-state index contributed by atoms with van der Waals surface area (Å²) in [4.78, 5) is 14.5. The van der Waals surface area contributed by atoms with Crippen LogP contribution >= 0.6 is 0 Å². The van der Waals surface area contributed by atoms with Crippen molar-refractivity contribution in [1.82, 2.24) is 19.9 Å². The molecule has 16 heavy (non-hydrogen) atoms. The molecule has 86 valence electrons. The van der Waals surface area contributed by atoms with Crippen LogP contribution in [0.5, 0.6) is 0 Å². The molecular weight excluding hydrogens is 230 g/mol. The second-order valence-corrected chi connectivity index (χ2v) is 5.09. The minimum atomic E-state index is -3.34. The first-order chi connectivity index (χ1) is 7.62. The lowest BCUT2D eigenvalue weighted by atomic mass is 10.5. The molecule has 0 radical (unpaired) electrons. The van der Waals surface area contributed by atoms with Crippen molar-refractivity contribution >= 4 is 27.0 Å². The van der Waals surface area contributed by atoms with Gasteiger partial charge in [0.15, 0.2) is 11.5 Å². The molecule has 0 unspecified atom stereocenters. The zero-order valence-electron chi connectivity index (χ0n) is 8.64. The first-order valence-electron chi connectivity index (χ1n) is 4.77. The van der Waals surface area contributed by atoms with Crippen LogP contribution in [0, 0.1) is 0 Å². The molecule has 0 aliphatic rings. The average Bonchev–Trinajstić information content (AvgIpc) is 2.65. The maximum absolute atomic E-state index is 11.6. The SMILES string of the molecule is CCCS(=O)(=O)Nc1ncnc2nc[nH]c12. The van der Waals surface area contributed by atoms with E-state index in [1.54, 1.807) is 6.92 Å². The van der Waals surface area contributed by atoms with Crippen molar-refractivity contribution in [3.05, 3.63) is 12.7 Å². The summed E-state index contributed by atoms with van der Waals surface area (Å²) in [6.45, 7) is 1.80. The number of rotatable bonds is 4. The summed E-state index contributed by atoms with van der Waals surface area (Å²) in [5, 5.41) is 0. The van der Waals surface area contributed by atoms with E-state index in [-0.39, 0.29) is 11.6 Å². The summed E-state index contributed by atoms with van der Waals surface area (Å²) < 4.78 is 25.5. The number of fused-ring (bicyclic) bond motifs is 1. The Hall–Kier alpha value is -1.70. The molecule has 2 rings (SSSR count). The molecule has 2 heterocycles. The van der Waals surface area contributed by atoms with E-state index in [4.69, 9.17) is 0 Å². The normalized spacial score (nSPS) is 11.8. The van der Waals surface area contributed by atoms with Crippen LogP contribution < -0.4 is 4.72 Å².